The SMILES string of the molecule is Cc1cc2cc3c(cc2[nH]c1=O)CN(C(=O)c1c(F)cccc1Cl)CC3. The highest BCUT2D eigenvalue weighted by atomic mass is 35.5. The molecule has 0 spiro atoms. The van der Waals surface area contributed by atoms with Crippen LogP contribution in [0.2, 0.25) is 5.02 Å². The van der Waals surface area contributed by atoms with E-state index in [-0.39, 0.29) is 16.1 Å². The summed E-state index contributed by atoms with van der Waals surface area (Å²) in [6, 6.07) is 10.0. The molecule has 0 unspecified atom stereocenters. The lowest BCUT2D eigenvalue weighted by atomic mass is 9.96. The number of fused-ring (bicyclic) bond motifs is 2. The van der Waals surface area contributed by atoms with Crippen molar-refractivity contribution in [3.8, 4) is 0 Å². The number of nitrogens with zero attached hydrogens (tertiary/aromatic N) is 1. The molecule has 4 nitrogen and oxygen atoms in total. The molecular formula is C20H16ClFN2O2. The van der Waals surface area contributed by atoms with Crippen molar-refractivity contribution in [2.24, 2.45) is 0 Å². The zero-order valence-electron chi connectivity index (χ0n) is 14.1. The number of hydrogen-bond donors (Lipinski definition) is 1. The monoisotopic (exact) mass is 370 g/mol. The molecule has 2 aromatic carbocycles. The summed E-state index contributed by atoms with van der Waals surface area (Å²) >= 11 is 6.03. The van der Waals surface area contributed by atoms with Crippen molar-refractivity contribution in [2.75, 3.05) is 6.54 Å². The Balaban J connectivity index is 1.71. The number of rotatable bonds is 1. The summed E-state index contributed by atoms with van der Waals surface area (Å²) in [5, 5.41) is 1.08. The molecule has 1 aliphatic rings. The van der Waals surface area contributed by atoms with Gasteiger partial charge in [0.2, 0.25) is 0 Å². The first kappa shape index (κ1) is 16.8. The van der Waals surface area contributed by atoms with Crippen LogP contribution in [0.25, 0.3) is 10.9 Å². The van der Waals surface area contributed by atoms with E-state index in [1.807, 2.05) is 18.2 Å². The summed E-state index contributed by atoms with van der Waals surface area (Å²) in [6.07, 6.45) is 0.668. The van der Waals surface area contributed by atoms with Gasteiger partial charge in [-0.1, -0.05) is 17.7 Å². The fourth-order valence-electron chi connectivity index (χ4n) is 3.41. The van der Waals surface area contributed by atoms with Crippen molar-refractivity contribution in [3.05, 3.63) is 79.8 Å². The quantitative estimate of drug-likeness (QED) is 0.707. The summed E-state index contributed by atoms with van der Waals surface area (Å²) in [7, 11) is 0. The Hall–Kier alpha value is -2.66. The van der Waals surface area contributed by atoms with E-state index in [9.17, 15) is 14.0 Å². The lowest BCUT2D eigenvalue weighted by Crippen LogP contribution is -2.36. The van der Waals surface area contributed by atoms with Crippen molar-refractivity contribution < 1.29 is 9.18 Å². The molecule has 1 aromatic heterocycles. The number of amides is 1. The molecule has 1 N–H and O–H groups in total. The predicted molar refractivity (Wildman–Crippen MR) is 99.2 cm³/mol. The predicted octanol–water partition coefficient (Wildman–Crippen LogP) is 3.83. The number of aryl methyl sites for hydroxylation is 1. The average molecular weight is 371 g/mol. The maximum absolute atomic E-state index is 14.1. The third kappa shape index (κ3) is 2.78. The van der Waals surface area contributed by atoms with E-state index < -0.39 is 11.7 Å². The molecule has 0 atom stereocenters. The Labute approximate surface area is 154 Å². The molecule has 3 aromatic rings. The number of carbonyl (C=O) groups is 1. The number of benzene rings is 2. The molecule has 0 radical (unpaired) electrons. The summed E-state index contributed by atoms with van der Waals surface area (Å²) in [5.74, 6) is -1.04. The van der Waals surface area contributed by atoms with Crippen LogP contribution in [0.5, 0.6) is 0 Å². The minimum atomic E-state index is -0.619. The summed E-state index contributed by atoms with van der Waals surface area (Å²) in [5.41, 5.74) is 3.26. The fourth-order valence-corrected chi connectivity index (χ4v) is 3.65. The van der Waals surface area contributed by atoms with Crippen LogP contribution in [0.4, 0.5) is 4.39 Å². The first-order valence-electron chi connectivity index (χ1n) is 8.33. The van der Waals surface area contributed by atoms with Gasteiger partial charge in [-0.05, 0) is 60.2 Å². The number of pyridine rings is 1. The van der Waals surface area contributed by atoms with Crippen LogP contribution < -0.4 is 5.56 Å². The van der Waals surface area contributed by atoms with E-state index in [4.69, 9.17) is 11.6 Å². The Morgan fingerprint density at radius 2 is 2.04 bits per heavy atom. The first-order chi connectivity index (χ1) is 12.4. The van der Waals surface area contributed by atoms with Crippen molar-refractivity contribution in [1.82, 2.24) is 9.88 Å². The number of aromatic nitrogens is 1. The van der Waals surface area contributed by atoms with E-state index in [1.54, 1.807) is 11.8 Å². The van der Waals surface area contributed by atoms with Gasteiger partial charge in [0.25, 0.3) is 11.5 Å². The van der Waals surface area contributed by atoms with Gasteiger partial charge in [-0.25, -0.2) is 4.39 Å². The van der Waals surface area contributed by atoms with Crippen LogP contribution in [0.3, 0.4) is 0 Å². The zero-order valence-corrected chi connectivity index (χ0v) is 14.9. The molecule has 4 rings (SSSR count). The minimum Gasteiger partial charge on any atom is -0.334 e. The van der Waals surface area contributed by atoms with Gasteiger partial charge in [0.15, 0.2) is 0 Å². The lowest BCUT2D eigenvalue weighted by molar-refractivity contribution is 0.0730. The smallest absolute Gasteiger partial charge is 0.258 e. The van der Waals surface area contributed by atoms with Crippen LogP contribution >= 0.6 is 11.6 Å². The van der Waals surface area contributed by atoms with Crippen LogP contribution in [0.1, 0.15) is 27.0 Å². The highest BCUT2D eigenvalue weighted by Gasteiger charge is 2.26. The second-order valence-corrected chi connectivity index (χ2v) is 6.97. The number of hydrogen-bond acceptors (Lipinski definition) is 2. The molecule has 0 aliphatic carbocycles. The number of H-pyrrole nitrogens is 1. The molecule has 2 heterocycles. The molecule has 0 saturated carbocycles. The lowest BCUT2D eigenvalue weighted by Gasteiger charge is -2.29. The van der Waals surface area contributed by atoms with Crippen molar-refractivity contribution >= 4 is 28.4 Å². The Morgan fingerprint density at radius 3 is 2.81 bits per heavy atom. The Bertz CT molecular complexity index is 1090. The number of aromatic amines is 1. The van der Waals surface area contributed by atoms with Gasteiger partial charge >= 0.3 is 0 Å². The molecule has 0 bridgehead atoms. The van der Waals surface area contributed by atoms with Gasteiger partial charge in [0.1, 0.15) is 5.82 Å². The molecular weight excluding hydrogens is 355 g/mol. The molecule has 0 saturated heterocycles. The minimum absolute atomic E-state index is 0.0950. The number of nitrogens with one attached hydrogen (secondary N) is 1. The highest BCUT2D eigenvalue weighted by molar-refractivity contribution is 6.33. The topological polar surface area (TPSA) is 53.2 Å². The maximum Gasteiger partial charge on any atom is 0.258 e. The van der Waals surface area contributed by atoms with Crippen LogP contribution in [-0.2, 0) is 13.0 Å². The molecule has 1 amide bonds. The average Bonchev–Trinajstić information content (AvgIpc) is 2.60. The van der Waals surface area contributed by atoms with Gasteiger partial charge in [-0.3, -0.25) is 9.59 Å². The second-order valence-electron chi connectivity index (χ2n) is 6.56. The van der Waals surface area contributed by atoms with Gasteiger partial charge in [-0.2, -0.15) is 0 Å². The normalized spacial score (nSPS) is 13.7. The van der Waals surface area contributed by atoms with Crippen LogP contribution in [0, 0.1) is 12.7 Å². The number of carbonyl (C=O) groups excluding carboxylic acids is 1. The zero-order chi connectivity index (χ0) is 18.4. The van der Waals surface area contributed by atoms with E-state index in [0.717, 1.165) is 22.0 Å². The molecule has 6 heteroatoms. The van der Waals surface area contributed by atoms with E-state index >= 15 is 0 Å². The molecule has 26 heavy (non-hydrogen) atoms. The Morgan fingerprint density at radius 1 is 1.23 bits per heavy atom. The van der Waals surface area contributed by atoms with E-state index in [1.165, 1.54) is 18.2 Å². The van der Waals surface area contributed by atoms with Gasteiger partial charge < -0.3 is 9.88 Å². The molecule has 132 valence electrons. The molecule has 0 fully saturated rings. The number of halogens is 2. The van der Waals surface area contributed by atoms with Gasteiger partial charge in [-0.15, -0.1) is 0 Å². The standard InChI is InChI=1S/C20H16ClFN2O2/c1-11-7-13-8-12-5-6-24(10-14(12)9-17(13)23-19(11)25)20(26)18-15(21)3-2-4-16(18)22/h2-4,7-9H,5-6,10H2,1H3,(H,23,25). The van der Waals surface area contributed by atoms with Crippen molar-refractivity contribution in [2.45, 2.75) is 19.9 Å². The van der Waals surface area contributed by atoms with Crippen molar-refractivity contribution in [3.63, 3.8) is 0 Å². The van der Waals surface area contributed by atoms with E-state index in [2.05, 4.69) is 4.98 Å². The third-order valence-electron chi connectivity index (χ3n) is 4.83. The fraction of sp³-hybridized carbons (Fsp3) is 0.200. The van der Waals surface area contributed by atoms with Crippen LogP contribution in [0.15, 0.2) is 41.2 Å². The largest absolute Gasteiger partial charge is 0.334 e. The van der Waals surface area contributed by atoms with E-state index in [0.29, 0.717) is 25.1 Å². The van der Waals surface area contributed by atoms with Gasteiger partial charge in [0, 0.05) is 24.2 Å². The molecule has 1 aliphatic heterocycles. The summed E-state index contributed by atoms with van der Waals surface area (Å²) in [4.78, 5) is 29.1. The summed E-state index contributed by atoms with van der Waals surface area (Å²) < 4.78 is 14.1. The van der Waals surface area contributed by atoms with Crippen LogP contribution in [-0.4, -0.2) is 22.3 Å². The highest BCUT2D eigenvalue weighted by Crippen LogP contribution is 2.27. The third-order valence-corrected chi connectivity index (χ3v) is 5.14. The Kier molecular flexibility index (Phi) is 4.04. The second kappa shape index (κ2) is 6.25. The maximum atomic E-state index is 14.1. The van der Waals surface area contributed by atoms with Gasteiger partial charge in [0.05, 0.1) is 10.6 Å². The summed E-state index contributed by atoms with van der Waals surface area (Å²) in [6.45, 7) is 2.62. The first-order valence-corrected chi connectivity index (χ1v) is 8.70. The van der Waals surface area contributed by atoms with Crippen molar-refractivity contribution in [1.29, 1.82) is 0 Å².